The van der Waals surface area contributed by atoms with Gasteiger partial charge in [-0.15, -0.1) is 0 Å². The Balaban J connectivity index is 1.95. The molecule has 0 saturated heterocycles. The summed E-state index contributed by atoms with van der Waals surface area (Å²) in [7, 11) is 0. The molecule has 3 aromatic rings. The van der Waals surface area contributed by atoms with Gasteiger partial charge in [0.1, 0.15) is 6.29 Å². The zero-order valence-corrected chi connectivity index (χ0v) is 13.2. The zero-order chi connectivity index (χ0) is 16.6. The number of halogens is 4. The molecule has 0 fully saturated rings. The van der Waals surface area contributed by atoms with E-state index < -0.39 is 11.7 Å². The molecule has 2 aromatic carbocycles. The van der Waals surface area contributed by atoms with Gasteiger partial charge in [-0.3, -0.25) is 9.48 Å². The number of nitrogens with zero attached hydrogens (tertiary/aromatic N) is 2. The minimum Gasteiger partial charge on any atom is -0.298 e. The summed E-state index contributed by atoms with van der Waals surface area (Å²) in [6, 6.07) is 8.70. The van der Waals surface area contributed by atoms with E-state index in [0.29, 0.717) is 22.1 Å². The van der Waals surface area contributed by atoms with Gasteiger partial charge in [0.05, 0.1) is 23.8 Å². The molecule has 0 radical (unpaired) electrons. The fourth-order valence-electron chi connectivity index (χ4n) is 2.32. The maximum absolute atomic E-state index is 12.7. The van der Waals surface area contributed by atoms with E-state index in [0.717, 1.165) is 29.3 Å². The number of alkyl halides is 3. The molecule has 118 valence electrons. The molecule has 0 saturated carbocycles. The first-order chi connectivity index (χ1) is 10.9. The molecule has 0 atom stereocenters. The van der Waals surface area contributed by atoms with Crippen LogP contribution in [0.25, 0.3) is 10.9 Å². The van der Waals surface area contributed by atoms with E-state index in [1.54, 1.807) is 29.1 Å². The molecule has 0 N–H and O–H groups in total. The van der Waals surface area contributed by atoms with E-state index in [-0.39, 0.29) is 0 Å². The molecule has 3 rings (SSSR count). The Hall–Kier alpha value is -2.15. The molecule has 0 aliphatic rings. The van der Waals surface area contributed by atoms with E-state index in [9.17, 15) is 18.0 Å². The minimum atomic E-state index is -4.37. The van der Waals surface area contributed by atoms with Crippen LogP contribution >= 0.6 is 15.9 Å². The number of rotatable bonds is 3. The van der Waals surface area contributed by atoms with Crippen molar-refractivity contribution in [2.24, 2.45) is 0 Å². The fraction of sp³-hybridized carbons (Fsp3) is 0.125. The second kappa shape index (κ2) is 5.81. The number of carbonyl (C=O) groups excluding carboxylic acids is 1. The lowest BCUT2D eigenvalue weighted by Gasteiger charge is -2.11. The van der Waals surface area contributed by atoms with Gasteiger partial charge < -0.3 is 0 Å². The van der Waals surface area contributed by atoms with Crippen molar-refractivity contribution in [2.75, 3.05) is 0 Å². The van der Waals surface area contributed by atoms with E-state index in [2.05, 4.69) is 21.0 Å². The van der Waals surface area contributed by atoms with Gasteiger partial charge >= 0.3 is 6.18 Å². The number of hydrogen-bond acceptors (Lipinski definition) is 2. The summed E-state index contributed by atoms with van der Waals surface area (Å²) in [6.45, 7) is 0.322. The SMILES string of the molecule is O=Cc1ccc2c(cnn2Cc2ccc(C(F)(F)F)cc2Br)c1. The molecular weight excluding hydrogens is 373 g/mol. The Morgan fingerprint density at radius 1 is 1.17 bits per heavy atom. The predicted octanol–water partition coefficient (Wildman–Crippen LogP) is 4.68. The van der Waals surface area contributed by atoms with Gasteiger partial charge in [-0.05, 0) is 35.9 Å². The third-order valence-electron chi connectivity index (χ3n) is 3.50. The van der Waals surface area contributed by atoms with E-state index in [1.807, 2.05) is 0 Å². The van der Waals surface area contributed by atoms with Gasteiger partial charge in [0, 0.05) is 15.4 Å². The number of benzene rings is 2. The summed E-state index contributed by atoms with van der Waals surface area (Å²) in [5, 5.41) is 5.04. The van der Waals surface area contributed by atoms with Crippen molar-refractivity contribution < 1.29 is 18.0 Å². The lowest BCUT2D eigenvalue weighted by Crippen LogP contribution is -2.07. The van der Waals surface area contributed by atoms with Gasteiger partial charge in [-0.25, -0.2) is 0 Å². The number of carbonyl (C=O) groups is 1. The predicted molar refractivity (Wildman–Crippen MR) is 83.4 cm³/mol. The van der Waals surface area contributed by atoms with Crippen LogP contribution in [-0.4, -0.2) is 16.1 Å². The van der Waals surface area contributed by atoms with E-state index in [4.69, 9.17) is 0 Å². The highest BCUT2D eigenvalue weighted by Crippen LogP contribution is 2.32. The summed E-state index contributed by atoms with van der Waals surface area (Å²) in [4.78, 5) is 10.8. The lowest BCUT2D eigenvalue weighted by molar-refractivity contribution is -0.137. The monoisotopic (exact) mass is 382 g/mol. The molecule has 0 aliphatic heterocycles. The number of fused-ring (bicyclic) bond motifs is 1. The van der Waals surface area contributed by atoms with Crippen LogP contribution < -0.4 is 0 Å². The van der Waals surface area contributed by atoms with E-state index >= 15 is 0 Å². The first kappa shape index (κ1) is 15.7. The normalized spacial score (nSPS) is 11.8. The highest BCUT2D eigenvalue weighted by molar-refractivity contribution is 9.10. The highest BCUT2D eigenvalue weighted by atomic mass is 79.9. The zero-order valence-electron chi connectivity index (χ0n) is 11.6. The summed E-state index contributed by atoms with van der Waals surface area (Å²) < 4.78 is 40.1. The molecule has 3 nitrogen and oxygen atoms in total. The molecule has 23 heavy (non-hydrogen) atoms. The van der Waals surface area contributed by atoms with Gasteiger partial charge in [0.15, 0.2) is 0 Å². The lowest BCUT2D eigenvalue weighted by atomic mass is 10.1. The van der Waals surface area contributed by atoms with Gasteiger partial charge in [-0.2, -0.15) is 18.3 Å². The quantitative estimate of drug-likeness (QED) is 0.616. The van der Waals surface area contributed by atoms with Crippen LogP contribution in [-0.2, 0) is 12.7 Å². The maximum atomic E-state index is 12.7. The van der Waals surface area contributed by atoms with Crippen molar-refractivity contribution in [2.45, 2.75) is 12.7 Å². The van der Waals surface area contributed by atoms with Crippen LogP contribution in [0.1, 0.15) is 21.5 Å². The Morgan fingerprint density at radius 3 is 2.61 bits per heavy atom. The summed E-state index contributed by atoms with van der Waals surface area (Å²) in [6.07, 6.45) is -1.99. The van der Waals surface area contributed by atoms with Crippen LogP contribution in [0.15, 0.2) is 47.1 Å². The standard InChI is InChI=1S/C16H10BrF3N2O/c17-14-6-13(16(18,19)20)3-2-11(14)8-22-15-4-1-10(9-23)5-12(15)7-21-22/h1-7,9H,8H2. The molecule has 0 bridgehead atoms. The fourth-order valence-corrected chi connectivity index (χ4v) is 2.82. The van der Waals surface area contributed by atoms with Gasteiger partial charge in [-0.1, -0.05) is 22.0 Å². The second-order valence-electron chi connectivity index (χ2n) is 5.04. The number of aldehydes is 1. The highest BCUT2D eigenvalue weighted by Gasteiger charge is 2.30. The third kappa shape index (κ3) is 3.14. The maximum Gasteiger partial charge on any atom is 0.416 e. The minimum absolute atomic E-state index is 0.322. The molecular formula is C16H10BrF3N2O. The Morgan fingerprint density at radius 2 is 1.96 bits per heavy atom. The summed E-state index contributed by atoms with van der Waals surface area (Å²) in [5.74, 6) is 0. The topological polar surface area (TPSA) is 34.9 Å². The smallest absolute Gasteiger partial charge is 0.298 e. The van der Waals surface area contributed by atoms with Crippen molar-refractivity contribution in [1.82, 2.24) is 9.78 Å². The molecule has 0 amide bonds. The van der Waals surface area contributed by atoms with Crippen molar-refractivity contribution in [3.8, 4) is 0 Å². The van der Waals surface area contributed by atoms with Crippen LogP contribution in [0.3, 0.4) is 0 Å². The average Bonchev–Trinajstić information content (AvgIpc) is 2.90. The van der Waals surface area contributed by atoms with Gasteiger partial charge in [0.25, 0.3) is 0 Å². The van der Waals surface area contributed by atoms with Gasteiger partial charge in [0.2, 0.25) is 0 Å². The van der Waals surface area contributed by atoms with Crippen LogP contribution in [0.5, 0.6) is 0 Å². The molecule has 0 aliphatic carbocycles. The van der Waals surface area contributed by atoms with Crippen molar-refractivity contribution in [1.29, 1.82) is 0 Å². The molecule has 1 heterocycles. The first-order valence-corrected chi connectivity index (χ1v) is 7.44. The van der Waals surface area contributed by atoms with Crippen LogP contribution in [0.4, 0.5) is 13.2 Å². The number of aromatic nitrogens is 2. The molecule has 1 aromatic heterocycles. The molecule has 0 unspecified atom stereocenters. The first-order valence-electron chi connectivity index (χ1n) is 6.65. The van der Waals surface area contributed by atoms with Crippen LogP contribution in [0.2, 0.25) is 0 Å². The average molecular weight is 383 g/mol. The van der Waals surface area contributed by atoms with Crippen molar-refractivity contribution >= 4 is 33.1 Å². The molecule has 0 spiro atoms. The Labute approximate surface area is 137 Å². The third-order valence-corrected chi connectivity index (χ3v) is 4.24. The second-order valence-corrected chi connectivity index (χ2v) is 5.90. The van der Waals surface area contributed by atoms with Crippen LogP contribution in [0, 0.1) is 0 Å². The van der Waals surface area contributed by atoms with Crippen molar-refractivity contribution in [3.63, 3.8) is 0 Å². The largest absolute Gasteiger partial charge is 0.416 e. The summed E-state index contributed by atoms with van der Waals surface area (Å²) in [5.41, 5.74) is 1.34. The summed E-state index contributed by atoms with van der Waals surface area (Å²) >= 11 is 3.18. The number of hydrogen-bond donors (Lipinski definition) is 0. The Kier molecular flexibility index (Phi) is 3.97. The van der Waals surface area contributed by atoms with Crippen molar-refractivity contribution in [3.05, 3.63) is 63.8 Å². The van der Waals surface area contributed by atoms with E-state index in [1.165, 1.54) is 6.07 Å². The molecule has 7 heteroatoms. The Bertz CT molecular complexity index is 887.